The first-order chi connectivity index (χ1) is 9.85. The zero-order valence-electron chi connectivity index (χ0n) is 10.4. The highest BCUT2D eigenvalue weighted by atomic mass is 32.1. The van der Waals surface area contributed by atoms with Crippen molar-refractivity contribution in [3.8, 4) is 22.6 Å². The Kier molecular flexibility index (Phi) is 3.48. The molecule has 98 valence electrons. The van der Waals surface area contributed by atoms with E-state index in [1.165, 1.54) is 0 Å². The van der Waals surface area contributed by atoms with Crippen LogP contribution >= 0.6 is 11.3 Å². The summed E-state index contributed by atoms with van der Waals surface area (Å²) in [5, 5.41) is 10.8. The van der Waals surface area contributed by atoms with Crippen LogP contribution in [0, 0.1) is 11.3 Å². The van der Waals surface area contributed by atoms with Crippen LogP contribution in [0.3, 0.4) is 0 Å². The third kappa shape index (κ3) is 2.71. The summed E-state index contributed by atoms with van der Waals surface area (Å²) in [6.45, 7) is 0.309. The van der Waals surface area contributed by atoms with Crippen molar-refractivity contribution in [1.82, 2.24) is 4.98 Å². The second kappa shape index (κ2) is 5.59. The van der Waals surface area contributed by atoms with Gasteiger partial charge in [0.25, 0.3) is 0 Å². The Balaban J connectivity index is 1.68. The van der Waals surface area contributed by atoms with Crippen molar-refractivity contribution < 1.29 is 9.15 Å². The summed E-state index contributed by atoms with van der Waals surface area (Å²) in [6, 6.07) is 13.0. The molecule has 0 aliphatic rings. The molecule has 0 saturated carbocycles. The van der Waals surface area contributed by atoms with Crippen molar-refractivity contribution in [3.05, 3.63) is 59.3 Å². The maximum Gasteiger partial charge on any atom is 0.236 e. The Bertz CT molecular complexity index is 741. The van der Waals surface area contributed by atoms with Crippen LogP contribution in [-0.2, 0) is 6.61 Å². The summed E-state index contributed by atoms with van der Waals surface area (Å²) in [5.41, 5.74) is 1.29. The lowest BCUT2D eigenvalue weighted by Crippen LogP contribution is -1.95. The van der Waals surface area contributed by atoms with Crippen molar-refractivity contribution >= 4 is 11.3 Å². The Morgan fingerprint density at radius 2 is 2.25 bits per heavy atom. The van der Waals surface area contributed by atoms with Gasteiger partial charge in [-0.15, -0.1) is 11.3 Å². The first-order valence-corrected chi connectivity index (χ1v) is 6.84. The molecule has 0 unspecified atom stereocenters. The van der Waals surface area contributed by atoms with E-state index in [0.717, 1.165) is 10.6 Å². The molecular weight excluding hydrogens is 272 g/mol. The van der Waals surface area contributed by atoms with Gasteiger partial charge >= 0.3 is 0 Å². The maximum absolute atomic E-state index is 8.82. The third-order valence-electron chi connectivity index (χ3n) is 2.63. The first kappa shape index (κ1) is 12.5. The van der Waals surface area contributed by atoms with Gasteiger partial charge in [-0.2, -0.15) is 5.26 Å². The van der Waals surface area contributed by atoms with E-state index in [1.807, 2.05) is 17.5 Å². The predicted molar refractivity (Wildman–Crippen MR) is 75.3 cm³/mol. The summed E-state index contributed by atoms with van der Waals surface area (Å²) in [7, 11) is 0. The number of hydrogen-bond donors (Lipinski definition) is 0. The Labute approximate surface area is 119 Å². The fraction of sp³-hybridized carbons (Fsp3) is 0.0667. The molecule has 1 aromatic carbocycles. The van der Waals surface area contributed by atoms with E-state index in [1.54, 1.807) is 41.9 Å². The average molecular weight is 282 g/mol. The minimum atomic E-state index is 0.309. The quantitative estimate of drug-likeness (QED) is 0.729. The van der Waals surface area contributed by atoms with Crippen molar-refractivity contribution in [1.29, 1.82) is 5.26 Å². The van der Waals surface area contributed by atoms with Crippen molar-refractivity contribution in [3.63, 3.8) is 0 Å². The highest BCUT2D eigenvalue weighted by Crippen LogP contribution is 2.24. The second-order valence-corrected chi connectivity index (χ2v) is 5.00. The molecule has 0 amide bonds. The Morgan fingerprint density at radius 3 is 3.05 bits per heavy atom. The molecule has 3 rings (SSSR count). The fourth-order valence-electron chi connectivity index (χ4n) is 1.70. The number of aromatic nitrogens is 1. The monoisotopic (exact) mass is 282 g/mol. The molecule has 0 N–H and O–H groups in total. The molecule has 0 atom stereocenters. The molecule has 3 aromatic rings. The molecule has 5 heteroatoms. The smallest absolute Gasteiger partial charge is 0.236 e. The zero-order valence-corrected chi connectivity index (χ0v) is 11.3. The average Bonchev–Trinajstić information content (AvgIpc) is 3.16. The number of rotatable bonds is 4. The molecule has 0 bridgehead atoms. The summed E-state index contributed by atoms with van der Waals surface area (Å²) in [4.78, 5) is 5.35. The standard InChI is InChI=1S/C15H10N2O2S/c16-8-11-3-1-4-13(7-11)18-9-12-10-19-15(17-12)14-5-2-6-20-14/h1-7,10H,9H2. The number of hydrogen-bond acceptors (Lipinski definition) is 5. The van der Waals surface area contributed by atoms with Crippen LogP contribution in [0.25, 0.3) is 10.8 Å². The largest absolute Gasteiger partial charge is 0.487 e. The lowest BCUT2D eigenvalue weighted by Gasteiger charge is -2.03. The number of oxazole rings is 1. The highest BCUT2D eigenvalue weighted by molar-refractivity contribution is 7.13. The van der Waals surface area contributed by atoms with Crippen molar-refractivity contribution in [2.75, 3.05) is 0 Å². The van der Waals surface area contributed by atoms with Crippen LogP contribution in [-0.4, -0.2) is 4.98 Å². The topological polar surface area (TPSA) is 59.0 Å². The van der Waals surface area contributed by atoms with E-state index in [2.05, 4.69) is 11.1 Å². The number of ether oxygens (including phenoxy) is 1. The Morgan fingerprint density at radius 1 is 1.30 bits per heavy atom. The number of benzene rings is 1. The zero-order chi connectivity index (χ0) is 13.8. The molecule has 4 nitrogen and oxygen atoms in total. The van der Waals surface area contributed by atoms with Gasteiger partial charge in [-0.25, -0.2) is 4.98 Å². The van der Waals surface area contributed by atoms with Gasteiger partial charge in [0.1, 0.15) is 24.3 Å². The molecule has 0 fully saturated rings. The molecule has 0 spiro atoms. The van der Waals surface area contributed by atoms with Gasteiger partial charge in [-0.05, 0) is 29.6 Å². The molecule has 0 aliphatic carbocycles. The van der Waals surface area contributed by atoms with E-state index in [4.69, 9.17) is 14.4 Å². The highest BCUT2D eigenvalue weighted by Gasteiger charge is 2.08. The van der Waals surface area contributed by atoms with E-state index in [9.17, 15) is 0 Å². The summed E-state index contributed by atoms with van der Waals surface area (Å²) < 4.78 is 11.0. The van der Waals surface area contributed by atoms with E-state index < -0.39 is 0 Å². The van der Waals surface area contributed by atoms with Crippen LogP contribution in [0.15, 0.2) is 52.5 Å². The lowest BCUT2D eigenvalue weighted by atomic mass is 10.2. The van der Waals surface area contributed by atoms with E-state index >= 15 is 0 Å². The number of nitrogens with zero attached hydrogens (tertiary/aromatic N) is 2. The van der Waals surface area contributed by atoms with Gasteiger partial charge < -0.3 is 9.15 Å². The number of thiophene rings is 1. The van der Waals surface area contributed by atoms with Gasteiger partial charge in [-0.3, -0.25) is 0 Å². The van der Waals surface area contributed by atoms with Gasteiger partial charge in [0, 0.05) is 0 Å². The Hall–Kier alpha value is -2.58. The molecule has 20 heavy (non-hydrogen) atoms. The van der Waals surface area contributed by atoms with E-state index in [0.29, 0.717) is 23.8 Å². The summed E-state index contributed by atoms with van der Waals surface area (Å²) in [6.07, 6.45) is 1.59. The van der Waals surface area contributed by atoms with Crippen molar-refractivity contribution in [2.45, 2.75) is 6.61 Å². The minimum Gasteiger partial charge on any atom is -0.487 e. The van der Waals surface area contributed by atoms with Crippen LogP contribution in [0.4, 0.5) is 0 Å². The lowest BCUT2D eigenvalue weighted by molar-refractivity contribution is 0.301. The fourth-order valence-corrected chi connectivity index (χ4v) is 2.35. The predicted octanol–water partition coefficient (Wildman–Crippen LogP) is 3.85. The molecule has 2 aromatic heterocycles. The molecular formula is C15H10N2O2S. The van der Waals surface area contributed by atoms with Gasteiger partial charge in [0.15, 0.2) is 0 Å². The summed E-state index contributed by atoms with van der Waals surface area (Å²) >= 11 is 1.58. The molecule has 0 radical (unpaired) electrons. The molecule has 0 saturated heterocycles. The van der Waals surface area contributed by atoms with Gasteiger partial charge in [-0.1, -0.05) is 12.1 Å². The van der Waals surface area contributed by atoms with Crippen LogP contribution in [0.2, 0.25) is 0 Å². The number of nitriles is 1. The van der Waals surface area contributed by atoms with Crippen LogP contribution in [0.5, 0.6) is 5.75 Å². The molecule has 2 heterocycles. The summed E-state index contributed by atoms with van der Waals surface area (Å²) in [5.74, 6) is 1.24. The SMILES string of the molecule is N#Cc1cccc(OCc2coc(-c3cccs3)n2)c1. The minimum absolute atomic E-state index is 0.309. The first-order valence-electron chi connectivity index (χ1n) is 5.96. The van der Waals surface area contributed by atoms with Crippen molar-refractivity contribution in [2.24, 2.45) is 0 Å². The normalized spacial score (nSPS) is 10.2. The second-order valence-electron chi connectivity index (χ2n) is 4.05. The van der Waals surface area contributed by atoms with Crippen LogP contribution < -0.4 is 4.74 Å². The molecule has 0 aliphatic heterocycles. The maximum atomic E-state index is 8.82. The van der Waals surface area contributed by atoms with Gasteiger partial charge in [0.05, 0.1) is 16.5 Å². The van der Waals surface area contributed by atoms with E-state index in [-0.39, 0.29) is 0 Å². The van der Waals surface area contributed by atoms with Gasteiger partial charge in [0.2, 0.25) is 5.89 Å². The van der Waals surface area contributed by atoms with Crippen LogP contribution in [0.1, 0.15) is 11.3 Å². The third-order valence-corrected chi connectivity index (χ3v) is 3.49.